The first-order valence-corrected chi connectivity index (χ1v) is 7.28. The van der Waals surface area contributed by atoms with Crippen LogP contribution in [0, 0.1) is 5.82 Å². The van der Waals surface area contributed by atoms with Gasteiger partial charge in [0.1, 0.15) is 5.82 Å². The zero-order chi connectivity index (χ0) is 14.2. The van der Waals surface area contributed by atoms with E-state index >= 15 is 0 Å². The lowest BCUT2D eigenvalue weighted by molar-refractivity contribution is 0.208. The number of hydrogen-bond donors (Lipinski definition) is 2. The van der Waals surface area contributed by atoms with Crippen LogP contribution >= 0.6 is 0 Å². The number of urea groups is 1. The van der Waals surface area contributed by atoms with Crippen LogP contribution in [0.1, 0.15) is 25.7 Å². The van der Waals surface area contributed by atoms with Crippen molar-refractivity contribution in [3.05, 3.63) is 30.1 Å². The zero-order valence-corrected chi connectivity index (χ0v) is 11.7. The molecular formula is C15H22FN3O. The number of nitrogens with zero attached hydrogens (tertiary/aromatic N) is 1. The van der Waals surface area contributed by atoms with E-state index in [0.717, 1.165) is 51.9 Å². The Bertz CT molecular complexity index is 412. The highest BCUT2D eigenvalue weighted by Gasteiger charge is 2.13. The van der Waals surface area contributed by atoms with E-state index < -0.39 is 0 Å². The summed E-state index contributed by atoms with van der Waals surface area (Å²) >= 11 is 0. The van der Waals surface area contributed by atoms with Gasteiger partial charge in [0.25, 0.3) is 0 Å². The minimum absolute atomic E-state index is 0.0925. The summed E-state index contributed by atoms with van der Waals surface area (Å²) in [5, 5.41) is 6.22. The van der Waals surface area contributed by atoms with Crippen molar-refractivity contribution in [3.63, 3.8) is 0 Å². The van der Waals surface area contributed by atoms with Crippen LogP contribution in [0.25, 0.3) is 0 Å². The maximum atomic E-state index is 12.8. The van der Waals surface area contributed by atoms with Crippen LogP contribution in [0.2, 0.25) is 0 Å². The molecule has 1 aromatic carbocycles. The average molecular weight is 279 g/mol. The fraction of sp³-hybridized carbons (Fsp3) is 0.533. The van der Waals surface area contributed by atoms with Crippen LogP contribution in [0.15, 0.2) is 24.3 Å². The van der Waals surface area contributed by atoms with Gasteiger partial charge in [0, 0.05) is 18.8 Å². The molecule has 0 saturated carbocycles. The minimum atomic E-state index is -0.297. The number of nitrogens with one attached hydrogen (secondary N) is 2. The molecule has 0 aromatic heterocycles. The van der Waals surface area contributed by atoms with Gasteiger partial charge in [-0.15, -0.1) is 0 Å². The first-order chi connectivity index (χ1) is 9.75. The monoisotopic (exact) mass is 279 g/mol. The van der Waals surface area contributed by atoms with Gasteiger partial charge in [-0.25, -0.2) is 9.18 Å². The van der Waals surface area contributed by atoms with Gasteiger partial charge in [-0.3, -0.25) is 0 Å². The molecule has 4 nitrogen and oxygen atoms in total. The van der Waals surface area contributed by atoms with Crippen molar-refractivity contribution < 1.29 is 9.18 Å². The summed E-state index contributed by atoms with van der Waals surface area (Å²) < 4.78 is 12.8. The maximum Gasteiger partial charge on any atom is 0.321 e. The normalized spacial score (nSPS) is 17.6. The molecule has 20 heavy (non-hydrogen) atoms. The number of hydrogen-bond acceptors (Lipinski definition) is 2. The molecule has 2 amide bonds. The molecule has 1 aromatic rings. The number of carbonyl (C=O) groups excluding carboxylic acids is 1. The summed E-state index contributed by atoms with van der Waals surface area (Å²) in [6.45, 7) is 3.59. The van der Waals surface area contributed by atoms with Gasteiger partial charge in [0.2, 0.25) is 0 Å². The summed E-state index contributed by atoms with van der Waals surface area (Å²) in [5.74, 6) is -0.297. The molecule has 110 valence electrons. The third kappa shape index (κ3) is 4.81. The van der Waals surface area contributed by atoms with E-state index in [1.54, 1.807) is 12.1 Å². The van der Waals surface area contributed by atoms with Crippen LogP contribution in [0.5, 0.6) is 0 Å². The Morgan fingerprint density at radius 1 is 1.05 bits per heavy atom. The van der Waals surface area contributed by atoms with E-state index in [4.69, 9.17) is 0 Å². The Kier molecular flexibility index (Phi) is 5.80. The van der Waals surface area contributed by atoms with E-state index in [1.807, 2.05) is 4.90 Å². The second-order valence-corrected chi connectivity index (χ2v) is 5.09. The molecule has 2 rings (SSSR count). The SMILES string of the molecule is O=C(Nc1ccc(F)cc1)N1CCCCNCCCC1. The van der Waals surface area contributed by atoms with Crippen molar-refractivity contribution in [2.45, 2.75) is 25.7 Å². The Balaban J connectivity index is 1.89. The van der Waals surface area contributed by atoms with Crippen LogP contribution in [0.4, 0.5) is 14.9 Å². The summed E-state index contributed by atoms with van der Waals surface area (Å²) in [7, 11) is 0. The average Bonchev–Trinajstić information content (AvgIpc) is 2.47. The topological polar surface area (TPSA) is 44.4 Å². The summed E-state index contributed by atoms with van der Waals surface area (Å²) in [4.78, 5) is 14.1. The third-order valence-electron chi connectivity index (χ3n) is 3.45. The predicted molar refractivity (Wildman–Crippen MR) is 78.3 cm³/mol. The lowest BCUT2D eigenvalue weighted by Gasteiger charge is -2.24. The number of benzene rings is 1. The van der Waals surface area contributed by atoms with Gasteiger partial charge in [0.15, 0.2) is 0 Å². The highest BCUT2D eigenvalue weighted by Crippen LogP contribution is 2.10. The highest BCUT2D eigenvalue weighted by atomic mass is 19.1. The quantitative estimate of drug-likeness (QED) is 0.830. The summed E-state index contributed by atoms with van der Waals surface area (Å²) in [6.07, 6.45) is 4.17. The molecule has 0 unspecified atom stereocenters. The number of carbonyl (C=O) groups is 1. The Morgan fingerprint density at radius 2 is 1.65 bits per heavy atom. The van der Waals surface area contributed by atoms with Crippen molar-refractivity contribution >= 4 is 11.7 Å². The smallest absolute Gasteiger partial charge is 0.321 e. The summed E-state index contributed by atoms with van der Waals surface area (Å²) in [6, 6.07) is 5.77. The molecule has 0 aliphatic carbocycles. The van der Waals surface area contributed by atoms with Gasteiger partial charge in [-0.05, 0) is 63.0 Å². The van der Waals surface area contributed by atoms with Crippen molar-refractivity contribution in [2.75, 3.05) is 31.5 Å². The van der Waals surface area contributed by atoms with Crippen molar-refractivity contribution in [3.8, 4) is 0 Å². The first kappa shape index (κ1) is 14.8. The Labute approximate surface area is 119 Å². The van der Waals surface area contributed by atoms with Crippen LogP contribution < -0.4 is 10.6 Å². The molecule has 0 spiro atoms. The van der Waals surface area contributed by atoms with Gasteiger partial charge in [0.05, 0.1) is 0 Å². The van der Waals surface area contributed by atoms with E-state index in [2.05, 4.69) is 10.6 Å². The molecular weight excluding hydrogens is 257 g/mol. The van der Waals surface area contributed by atoms with E-state index in [0.29, 0.717) is 5.69 Å². The molecule has 1 aliphatic heterocycles. The zero-order valence-electron chi connectivity index (χ0n) is 11.7. The highest BCUT2D eigenvalue weighted by molar-refractivity contribution is 5.89. The van der Waals surface area contributed by atoms with Gasteiger partial charge >= 0.3 is 6.03 Å². The fourth-order valence-corrected chi connectivity index (χ4v) is 2.28. The molecule has 1 aliphatic rings. The minimum Gasteiger partial charge on any atom is -0.325 e. The number of anilines is 1. The molecule has 5 heteroatoms. The van der Waals surface area contributed by atoms with Crippen LogP contribution in [-0.4, -0.2) is 37.1 Å². The largest absolute Gasteiger partial charge is 0.325 e. The number of rotatable bonds is 1. The van der Waals surface area contributed by atoms with Crippen molar-refractivity contribution in [2.24, 2.45) is 0 Å². The van der Waals surface area contributed by atoms with E-state index in [9.17, 15) is 9.18 Å². The summed E-state index contributed by atoms with van der Waals surface area (Å²) in [5.41, 5.74) is 0.634. The fourth-order valence-electron chi connectivity index (χ4n) is 2.28. The van der Waals surface area contributed by atoms with Crippen molar-refractivity contribution in [1.29, 1.82) is 0 Å². The molecule has 2 N–H and O–H groups in total. The number of halogens is 1. The molecule has 1 fully saturated rings. The van der Waals surface area contributed by atoms with E-state index in [-0.39, 0.29) is 11.8 Å². The lowest BCUT2D eigenvalue weighted by Crippen LogP contribution is -2.37. The molecule has 1 heterocycles. The second-order valence-electron chi connectivity index (χ2n) is 5.09. The van der Waals surface area contributed by atoms with E-state index in [1.165, 1.54) is 12.1 Å². The molecule has 0 bridgehead atoms. The molecule has 1 saturated heterocycles. The predicted octanol–water partition coefficient (Wildman–Crippen LogP) is 2.82. The molecule has 0 radical (unpaired) electrons. The first-order valence-electron chi connectivity index (χ1n) is 7.28. The van der Waals surface area contributed by atoms with Gasteiger partial charge in [-0.2, -0.15) is 0 Å². The van der Waals surface area contributed by atoms with Gasteiger partial charge in [-0.1, -0.05) is 0 Å². The van der Waals surface area contributed by atoms with Gasteiger partial charge < -0.3 is 15.5 Å². The molecule has 0 atom stereocenters. The third-order valence-corrected chi connectivity index (χ3v) is 3.45. The lowest BCUT2D eigenvalue weighted by atomic mass is 10.2. The standard InChI is InChI=1S/C15H22FN3O/c16-13-5-7-14(8-6-13)18-15(20)19-11-3-1-9-17-10-2-4-12-19/h5-8,17H,1-4,9-12H2,(H,18,20). The number of amides is 2. The van der Waals surface area contributed by atoms with Crippen molar-refractivity contribution in [1.82, 2.24) is 10.2 Å². The Hall–Kier alpha value is -1.62. The second kappa shape index (κ2) is 7.85. The van der Waals surface area contributed by atoms with Crippen LogP contribution in [-0.2, 0) is 0 Å². The maximum absolute atomic E-state index is 12.8. The van der Waals surface area contributed by atoms with Crippen LogP contribution in [0.3, 0.4) is 0 Å². The Morgan fingerprint density at radius 3 is 2.25 bits per heavy atom.